The van der Waals surface area contributed by atoms with Crippen LogP contribution in [0.5, 0.6) is 0 Å². The van der Waals surface area contributed by atoms with Crippen molar-refractivity contribution in [2.75, 3.05) is 19.4 Å². The molecule has 2 heterocycles. The second-order valence-corrected chi connectivity index (χ2v) is 4.84. The van der Waals surface area contributed by atoms with E-state index in [0.717, 1.165) is 10.8 Å². The largest absolute Gasteiger partial charge is 0.468 e. The first-order chi connectivity index (χ1) is 9.26. The minimum Gasteiger partial charge on any atom is -0.468 e. The Morgan fingerprint density at radius 2 is 2.37 bits per heavy atom. The highest BCUT2D eigenvalue weighted by molar-refractivity contribution is 7.99. The predicted octanol–water partition coefficient (Wildman–Crippen LogP) is 0.972. The summed E-state index contributed by atoms with van der Waals surface area (Å²) in [4.78, 5) is 11.6. The average Bonchev–Trinajstić information content (AvgIpc) is 2.86. The van der Waals surface area contributed by atoms with Gasteiger partial charge in [-0.1, -0.05) is 24.8 Å². The van der Waals surface area contributed by atoms with Gasteiger partial charge in [0.15, 0.2) is 10.8 Å². The number of nitrogens with zero attached hydrogens (tertiary/aromatic N) is 3. The fourth-order valence-corrected chi connectivity index (χ4v) is 2.64. The van der Waals surface area contributed by atoms with Crippen LogP contribution in [0.15, 0.2) is 29.6 Å². The molecule has 2 rings (SSSR count). The summed E-state index contributed by atoms with van der Waals surface area (Å²) in [5, 5.41) is 12.0. The fourth-order valence-electron chi connectivity index (χ4n) is 1.67. The van der Waals surface area contributed by atoms with Gasteiger partial charge < -0.3 is 10.1 Å². The quantitative estimate of drug-likeness (QED) is 0.628. The Bertz CT molecular complexity index is 557. The highest BCUT2D eigenvalue weighted by Crippen LogP contribution is 2.17. The standard InChI is InChI=1S/C12H16N4O2S/c1-3-13-9(11(17)18-2)8-19-12-15-14-10-6-4-5-7-16(10)12/h4-7,9,13H,3,8H2,1-2H3. The molecule has 102 valence electrons. The number of thioether (sulfide) groups is 1. The molecule has 1 N–H and O–H groups in total. The van der Waals surface area contributed by atoms with E-state index in [4.69, 9.17) is 4.74 Å². The van der Waals surface area contributed by atoms with Crippen molar-refractivity contribution in [2.45, 2.75) is 18.1 Å². The summed E-state index contributed by atoms with van der Waals surface area (Å²) < 4.78 is 6.66. The van der Waals surface area contributed by atoms with Gasteiger partial charge in [-0.15, -0.1) is 10.2 Å². The molecular weight excluding hydrogens is 264 g/mol. The van der Waals surface area contributed by atoms with Crippen LogP contribution in [0.25, 0.3) is 5.65 Å². The van der Waals surface area contributed by atoms with Crippen molar-refractivity contribution in [1.82, 2.24) is 19.9 Å². The van der Waals surface area contributed by atoms with Crippen LogP contribution in [0.3, 0.4) is 0 Å². The first kappa shape index (κ1) is 13.8. The number of ether oxygens (including phenoxy) is 1. The average molecular weight is 280 g/mol. The lowest BCUT2D eigenvalue weighted by Crippen LogP contribution is -2.39. The third-order valence-electron chi connectivity index (χ3n) is 2.60. The van der Waals surface area contributed by atoms with Crippen molar-refractivity contribution >= 4 is 23.4 Å². The van der Waals surface area contributed by atoms with Crippen molar-refractivity contribution in [1.29, 1.82) is 0 Å². The molecule has 0 saturated carbocycles. The summed E-state index contributed by atoms with van der Waals surface area (Å²) in [6.45, 7) is 2.66. The van der Waals surface area contributed by atoms with Gasteiger partial charge >= 0.3 is 5.97 Å². The smallest absolute Gasteiger partial charge is 0.323 e. The zero-order valence-electron chi connectivity index (χ0n) is 10.9. The topological polar surface area (TPSA) is 68.5 Å². The van der Waals surface area contributed by atoms with Gasteiger partial charge in [0.2, 0.25) is 0 Å². The minimum atomic E-state index is -0.337. The Morgan fingerprint density at radius 1 is 1.53 bits per heavy atom. The summed E-state index contributed by atoms with van der Waals surface area (Å²) in [6, 6.07) is 5.38. The summed E-state index contributed by atoms with van der Waals surface area (Å²) in [5.41, 5.74) is 0.795. The summed E-state index contributed by atoms with van der Waals surface area (Å²) in [5.74, 6) is 0.291. The Kier molecular flexibility index (Phi) is 4.75. The predicted molar refractivity (Wildman–Crippen MR) is 73.2 cm³/mol. The zero-order valence-corrected chi connectivity index (χ0v) is 11.7. The normalized spacial score (nSPS) is 12.5. The number of carbonyl (C=O) groups is 1. The Labute approximate surface area is 115 Å². The molecule has 0 aliphatic carbocycles. The van der Waals surface area contributed by atoms with Crippen molar-refractivity contribution in [3.63, 3.8) is 0 Å². The molecule has 0 saturated heterocycles. The maximum atomic E-state index is 11.6. The Morgan fingerprint density at radius 3 is 3.11 bits per heavy atom. The van der Waals surface area contributed by atoms with Crippen LogP contribution in [0.2, 0.25) is 0 Å². The van der Waals surface area contributed by atoms with Crippen LogP contribution in [0.1, 0.15) is 6.92 Å². The molecule has 0 aromatic carbocycles. The molecule has 0 amide bonds. The van der Waals surface area contributed by atoms with Crippen molar-refractivity contribution in [3.05, 3.63) is 24.4 Å². The molecule has 0 spiro atoms. The fraction of sp³-hybridized carbons (Fsp3) is 0.417. The number of rotatable bonds is 6. The highest BCUT2D eigenvalue weighted by Gasteiger charge is 2.19. The van der Waals surface area contributed by atoms with Crippen molar-refractivity contribution in [3.8, 4) is 0 Å². The highest BCUT2D eigenvalue weighted by atomic mass is 32.2. The van der Waals surface area contributed by atoms with E-state index in [1.165, 1.54) is 18.9 Å². The summed E-state index contributed by atoms with van der Waals surface area (Å²) in [6.07, 6.45) is 1.90. The number of hydrogen-bond donors (Lipinski definition) is 1. The molecule has 1 atom stereocenters. The lowest BCUT2D eigenvalue weighted by atomic mass is 10.3. The van der Waals surface area contributed by atoms with Gasteiger partial charge in [0.05, 0.1) is 7.11 Å². The molecule has 0 fully saturated rings. The van der Waals surface area contributed by atoms with E-state index >= 15 is 0 Å². The number of methoxy groups -OCH3 is 1. The molecule has 19 heavy (non-hydrogen) atoms. The first-order valence-electron chi connectivity index (χ1n) is 6.00. The minimum absolute atomic E-state index is 0.261. The lowest BCUT2D eigenvalue weighted by Gasteiger charge is -2.13. The second-order valence-electron chi connectivity index (χ2n) is 3.86. The number of pyridine rings is 1. The Hall–Kier alpha value is -1.60. The number of fused-ring (bicyclic) bond motifs is 1. The van der Waals surface area contributed by atoms with E-state index < -0.39 is 0 Å². The molecule has 2 aromatic rings. The second kappa shape index (κ2) is 6.53. The number of likely N-dealkylation sites (N-methyl/N-ethyl adjacent to an activating group) is 1. The van der Waals surface area contributed by atoms with Crippen LogP contribution in [-0.4, -0.2) is 46.0 Å². The number of esters is 1. The van der Waals surface area contributed by atoms with Crippen LogP contribution < -0.4 is 5.32 Å². The molecule has 0 aliphatic heterocycles. The van der Waals surface area contributed by atoms with E-state index in [-0.39, 0.29) is 12.0 Å². The van der Waals surface area contributed by atoms with E-state index in [1.54, 1.807) is 0 Å². The van der Waals surface area contributed by atoms with Gasteiger partial charge in [-0.3, -0.25) is 9.20 Å². The van der Waals surface area contributed by atoms with Crippen LogP contribution in [-0.2, 0) is 9.53 Å². The van der Waals surface area contributed by atoms with Gasteiger partial charge in [-0.2, -0.15) is 0 Å². The molecule has 6 nitrogen and oxygen atoms in total. The number of carbonyl (C=O) groups excluding carboxylic acids is 1. The van der Waals surface area contributed by atoms with Crippen LogP contribution >= 0.6 is 11.8 Å². The third-order valence-corrected chi connectivity index (χ3v) is 3.63. The molecular formula is C12H16N4O2S. The van der Waals surface area contributed by atoms with E-state index in [9.17, 15) is 4.79 Å². The summed E-state index contributed by atoms with van der Waals surface area (Å²) in [7, 11) is 1.39. The lowest BCUT2D eigenvalue weighted by molar-refractivity contribution is -0.142. The van der Waals surface area contributed by atoms with Crippen molar-refractivity contribution < 1.29 is 9.53 Å². The number of nitrogens with one attached hydrogen (secondary N) is 1. The molecule has 0 aliphatic rings. The first-order valence-corrected chi connectivity index (χ1v) is 6.98. The number of hydrogen-bond acceptors (Lipinski definition) is 6. The number of aromatic nitrogens is 3. The molecule has 0 bridgehead atoms. The van der Waals surface area contributed by atoms with E-state index in [2.05, 4.69) is 15.5 Å². The monoisotopic (exact) mass is 280 g/mol. The molecule has 7 heteroatoms. The summed E-state index contributed by atoms with van der Waals surface area (Å²) >= 11 is 1.47. The van der Waals surface area contributed by atoms with Crippen LogP contribution in [0, 0.1) is 0 Å². The van der Waals surface area contributed by atoms with Crippen molar-refractivity contribution in [2.24, 2.45) is 0 Å². The van der Waals surface area contributed by atoms with E-state index in [0.29, 0.717) is 12.3 Å². The SMILES string of the molecule is CCNC(CSc1nnc2ccccn12)C(=O)OC. The maximum Gasteiger partial charge on any atom is 0.323 e. The van der Waals surface area contributed by atoms with Gasteiger partial charge in [0.25, 0.3) is 0 Å². The van der Waals surface area contributed by atoms with Gasteiger partial charge in [0.1, 0.15) is 6.04 Å². The van der Waals surface area contributed by atoms with E-state index in [1.807, 2.05) is 35.7 Å². The maximum absolute atomic E-state index is 11.6. The van der Waals surface area contributed by atoms with Gasteiger partial charge in [0, 0.05) is 11.9 Å². The molecule has 0 radical (unpaired) electrons. The van der Waals surface area contributed by atoms with Crippen LogP contribution in [0.4, 0.5) is 0 Å². The Balaban J connectivity index is 2.06. The zero-order chi connectivity index (χ0) is 13.7. The molecule has 2 aromatic heterocycles. The van der Waals surface area contributed by atoms with Gasteiger partial charge in [-0.25, -0.2) is 0 Å². The van der Waals surface area contributed by atoms with Gasteiger partial charge in [-0.05, 0) is 18.7 Å². The molecule has 1 unspecified atom stereocenters. The third kappa shape index (κ3) is 3.24.